The summed E-state index contributed by atoms with van der Waals surface area (Å²) in [6, 6.07) is 3.43. The van der Waals surface area contributed by atoms with Gasteiger partial charge in [-0.2, -0.15) is 0 Å². The fourth-order valence-corrected chi connectivity index (χ4v) is 2.87. The molecule has 0 saturated carbocycles. The lowest BCUT2D eigenvalue weighted by atomic mass is 10.1. The predicted octanol–water partition coefficient (Wildman–Crippen LogP) is 1.99. The average molecular weight is 395 g/mol. The molecule has 23 heavy (non-hydrogen) atoms. The lowest BCUT2D eigenvalue weighted by Gasteiger charge is -2.27. The molecule has 118 valence electrons. The number of thiocarbonyl (C=S) groups is 1. The Kier molecular flexibility index (Phi) is 4.18. The number of fused-ring (bicyclic) bond motifs is 1. The zero-order valence-electron chi connectivity index (χ0n) is 11.8. The van der Waals surface area contributed by atoms with Crippen molar-refractivity contribution in [1.29, 1.82) is 0 Å². The van der Waals surface area contributed by atoms with Crippen molar-refractivity contribution in [3.63, 3.8) is 0 Å². The molecule has 1 saturated heterocycles. The lowest BCUT2D eigenvalue weighted by Crippen LogP contribution is -2.53. The van der Waals surface area contributed by atoms with Crippen molar-refractivity contribution in [3.8, 4) is 11.5 Å². The van der Waals surface area contributed by atoms with Gasteiger partial charge in [0.05, 0.1) is 0 Å². The quantitative estimate of drug-likeness (QED) is 0.367. The summed E-state index contributed by atoms with van der Waals surface area (Å²) >= 11 is 8.40. The summed E-state index contributed by atoms with van der Waals surface area (Å²) in [5.41, 5.74) is 0.610. The smallest absolute Gasteiger partial charge is 0.265 e. The van der Waals surface area contributed by atoms with E-state index in [2.05, 4.69) is 27.8 Å². The first kappa shape index (κ1) is 15.7. The molecule has 1 N–H and O–H groups in total. The normalized spacial score (nSPS) is 18.4. The third-order valence-corrected chi connectivity index (χ3v) is 4.30. The minimum atomic E-state index is -0.537. The summed E-state index contributed by atoms with van der Waals surface area (Å²) in [6.07, 6.45) is 3.03. The van der Waals surface area contributed by atoms with Crippen molar-refractivity contribution in [2.24, 2.45) is 0 Å². The summed E-state index contributed by atoms with van der Waals surface area (Å²) < 4.78 is 11.3. The number of hydrogen-bond acceptors (Lipinski definition) is 5. The van der Waals surface area contributed by atoms with Crippen LogP contribution in [0.25, 0.3) is 6.08 Å². The van der Waals surface area contributed by atoms with Crippen molar-refractivity contribution >= 4 is 51.2 Å². The number of ether oxygens (including phenoxy) is 2. The van der Waals surface area contributed by atoms with E-state index in [-0.39, 0.29) is 24.0 Å². The Bertz CT molecular complexity index is 775. The third kappa shape index (κ3) is 2.87. The van der Waals surface area contributed by atoms with Crippen molar-refractivity contribution in [1.82, 2.24) is 10.2 Å². The maximum Gasteiger partial charge on any atom is 0.265 e. The van der Waals surface area contributed by atoms with Gasteiger partial charge in [0.2, 0.25) is 6.79 Å². The Morgan fingerprint density at radius 3 is 2.74 bits per heavy atom. The highest BCUT2D eigenvalue weighted by Gasteiger charge is 2.32. The van der Waals surface area contributed by atoms with Gasteiger partial charge in [0.1, 0.15) is 5.57 Å². The maximum atomic E-state index is 12.5. The second-order valence-corrected chi connectivity index (χ2v) is 5.99. The maximum absolute atomic E-state index is 12.5. The molecule has 6 nitrogen and oxygen atoms in total. The van der Waals surface area contributed by atoms with Crippen LogP contribution in [0.2, 0.25) is 0 Å². The predicted molar refractivity (Wildman–Crippen MR) is 90.9 cm³/mol. The van der Waals surface area contributed by atoms with Gasteiger partial charge in [0.15, 0.2) is 16.6 Å². The molecule has 8 heteroatoms. The highest BCUT2D eigenvalue weighted by atomic mass is 79.9. The minimum Gasteiger partial charge on any atom is -0.454 e. The zero-order chi connectivity index (χ0) is 16.6. The van der Waals surface area contributed by atoms with E-state index in [0.29, 0.717) is 21.5 Å². The van der Waals surface area contributed by atoms with Crippen LogP contribution in [0.3, 0.4) is 0 Å². The molecule has 0 atom stereocenters. The molecular formula is C15H11BrN2O4S. The molecule has 0 aromatic heterocycles. The number of carbonyl (C=O) groups excluding carboxylic acids is 2. The number of hydrogen-bond donors (Lipinski definition) is 1. The van der Waals surface area contributed by atoms with Crippen LogP contribution in [-0.4, -0.2) is 35.2 Å². The van der Waals surface area contributed by atoms with E-state index in [0.717, 1.165) is 0 Å². The number of rotatable bonds is 3. The molecule has 0 radical (unpaired) electrons. The van der Waals surface area contributed by atoms with E-state index >= 15 is 0 Å². The van der Waals surface area contributed by atoms with E-state index in [9.17, 15) is 9.59 Å². The second kappa shape index (κ2) is 6.13. The zero-order valence-corrected chi connectivity index (χ0v) is 14.2. The fraction of sp³-hybridized carbons (Fsp3) is 0.133. The largest absolute Gasteiger partial charge is 0.454 e. The Morgan fingerprint density at radius 1 is 1.35 bits per heavy atom. The van der Waals surface area contributed by atoms with Gasteiger partial charge in [-0.15, -0.1) is 6.58 Å². The lowest BCUT2D eigenvalue weighted by molar-refractivity contribution is -0.128. The SMILES string of the molecule is C=CCN1C(=O)/C(=C\c2cc3c(cc2Br)OCO3)C(=O)NC1=S. The molecule has 0 aliphatic carbocycles. The Balaban J connectivity index is 2.01. The topological polar surface area (TPSA) is 67.9 Å². The molecule has 2 heterocycles. The van der Waals surface area contributed by atoms with Crippen LogP contribution in [0.4, 0.5) is 0 Å². The van der Waals surface area contributed by atoms with Crippen LogP contribution >= 0.6 is 28.1 Å². The van der Waals surface area contributed by atoms with Crippen molar-refractivity contribution in [2.75, 3.05) is 13.3 Å². The number of amides is 2. The van der Waals surface area contributed by atoms with Gasteiger partial charge in [-0.1, -0.05) is 22.0 Å². The van der Waals surface area contributed by atoms with Gasteiger partial charge in [0, 0.05) is 11.0 Å². The average Bonchev–Trinajstić information content (AvgIpc) is 2.94. The number of carbonyl (C=O) groups is 2. The van der Waals surface area contributed by atoms with Crippen molar-refractivity contribution in [2.45, 2.75) is 0 Å². The van der Waals surface area contributed by atoms with Crippen molar-refractivity contribution < 1.29 is 19.1 Å². The highest BCUT2D eigenvalue weighted by Crippen LogP contribution is 2.37. The van der Waals surface area contributed by atoms with Gasteiger partial charge in [-0.3, -0.25) is 19.8 Å². The molecule has 2 aliphatic rings. The van der Waals surface area contributed by atoms with E-state index in [1.165, 1.54) is 17.1 Å². The van der Waals surface area contributed by atoms with Crippen LogP contribution in [0.15, 0.2) is 34.8 Å². The van der Waals surface area contributed by atoms with Gasteiger partial charge in [-0.25, -0.2) is 0 Å². The molecule has 0 unspecified atom stereocenters. The van der Waals surface area contributed by atoms with Crippen LogP contribution in [0, 0.1) is 0 Å². The fourth-order valence-electron chi connectivity index (χ4n) is 2.19. The highest BCUT2D eigenvalue weighted by molar-refractivity contribution is 9.10. The number of halogens is 1. The van der Waals surface area contributed by atoms with Gasteiger partial charge in [0.25, 0.3) is 11.8 Å². The van der Waals surface area contributed by atoms with Crippen molar-refractivity contribution in [3.05, 3.63) is 40.4 Å². The molecule has 1 aromatic rings. The Hall–Kier alpha value is -2.19. The van der Waals surface area contributed by atoms with E-state index in [1.54, 1.807) is 12.1 Å². The Labute approximate surface area is 145 Å². The van der Waals surface area contributed by atoms with E-state index < -0.39 is 11.8 Å². The first-order valence-electron chi connectivity index (χ1n) is 6.60. The molecular weight excluding hydrogens is 384 g/mol. The van der Waals surface area contributed by atoms with E-state index in [1.807, 2.05) is 0 Å². The monoisotopic (exact) mass is 394 g/mol. The van der Waals surface area contributed by atoms with Crippen LogP contribution < -0.4 is 14.8 Å². The van der Waals surface area contributed by atoms with Crippen LogP contribution in [0.5, 0.6) is 11.5 Å². The van der Waals surface area contributed by atoms with E-state index in [4.69, 9.17) is 21.7 Å². The third-order valence-electron chi connectivity index (χ3n) is 3.29. The summed E-state index contributed by atoms with van der Waals surface area (Å²) in [7, 11) is 0. The first-order valence-corrected chi connectivity index (χ1v) is 7.80. The Morgan fingerprint density at radius 2 is 2.04 bits per heavy atom. The van der Waals surface area contributed by atoms with Crippen LogP contribution in [-0.2, 0) is 9.59 Å². The standard InChI is InChI=1S/C15H11BrN2O4S/c1-2-3-18-14(20)9(13(19)17-15(18)23)4-8-5-11-12(6-10(8)16)22-7-21-11/h2,4-6H,1,3,7H2,(H,17,19,23)/b9-4-. The molecule has 2 aliphatic heterocycles. The van der Waals surface area contributed by atoms with Gasteiger partial charge >= 0.3 is 0 Å². The first-order chi connectivity index (χ1) is 11.0. The summed E-state index contributed by atoms with van der Waals surface area (Å²) in [6.45, 7) is 3.94. The molecule has 3 rings (SSSR count). The molecule has 0 bridgehead atoms. The van der Waals surface area contributed by atoms with Gasteiger partial charge < -0.3 is 9.47 Å². The molecule has 1 aromatic carbocycles. The van der Waals surface area contributed by atoms with Gasteiger partial charge in [-0.05, 0) is 36.0 Å². The molecule has 2 amide bonds. The number of benzene rings is 1. The molecule has 0 spiro atoms. The number of nitrogens with zero attached hydrogens (tertiary/aromatic N) is 1. The van der Waals surface area contributed by atoms with Crippen LogP contribution in [0.1, 0.15) is 5.56 Å². The number of nitrogens with one attached hydrogen (secondary N) is 1. The summed E-state index contributed by atoms with van der Waals surface area (Å²) in [5.74, 6) is 0.156. The minimum absolute atomic E-state index is 0.0139. The molecule has 1 fully saturated rings. The summed E-state index contributed by atoms with van der Waals surface area (Å²) in [4.78, 5) is 25.9. The second-order valence-electron chi connectivity index (χ2n) is 4.75. The summed E-state index contributed by atoms with van der Waals surface area (Å²) in [5, 5.41) is 2.57.